The molecular weight excluding hydrogens is 230 g/mol. The highest BCUT2D eigenvalue weighted by Crippen LogP contribution is 2.15. The van der Waals surface area contributed by atoms with Crippen molar-refractivity contribution >= 4 is 16.0 Å². The minimum absolute atomic E-state index is 0.164. The van der Waals surface area contributed by atoms with E-state index < -0.39 is 21.5 Å². The molecule has 0 spiro atoms. The molecule has 0 fully saturated rings. The largest absolute Gasteiger partial charge is 0.462 e. The smallest absolute Gasteiger partial charge is 0.330 e. The molecule has 0 aromatic rings. The Labute approximate surface area is 96.9 Å². The normalized spacial score (nSPS) is 15.2. The molecule has 0 radical (unpaired) electrons. The SMILES string of the molecule is C=CC(=O)OCCC(C)(CC)NS(C)(=O)=O. The summed E-state index contributed by atoms with van der Waals surface area (Å²) in [5.41, 5.74) is -0.588. The molecule has 1 N–H and O–H groups in total. The lowest BCUT2D eigenvalue weighted by molar-refractivity contribution is -0.138. The number of ether oxygens (including phenoxy) is 1. The number of hydrogen-bond donors (Lipinski definition) is 1. The van der Waals surface area contributed by atoms with Gasteiger partial charge in [-0.1, -0.05) is 13.5 Å². The summed E-state index contributed by atoms with van der Waals surface area (Å²) in [6, 6.07) is 0. The van der Waals surface area contributed by atoms with Crippen molar-refractivity contribution < 1.29 is 17.9 Å². The highest BCUT2D eigenvalue weighted by Gasteiger charge is 2.25. The molecule has 6 heteroatoms. The number of hydrogen-bond acceptors (Lipinski definition) is 4. The molecule has 1 atom stereocenters. The standard InChI is InChI=1S/C10H19NO4S/c1-5-9(12)15-8-7-10(3,6-2)11-16(4,13)14/h5,11H,1,6-8H2,2-4H3. The molecule has 0 bridgehead atoms. The average Bonchev–Trinajstić information content (AvgIpc) is 2.14. The summed E-state index contributed by atoms with van der Waals surface area (Å²) >= 11 is 0. The van der Waals surface area contributed by atoms with E-state index in [1.807, 2.05) is 6.92 Å². The monoisotopic (exact) mass is 249 g/mol. The zero-order valence-electron chi connectivity index (χ0n) is 9.95. The number of carbonyl (C=O) groups excluding carboxylic acids is 1. The summed E-state index contributed by atoms with van der Waals surface area (Å²) in [6.45, 7) is 7.08. The molecule has 0 rings (SSSR count). The van der Waals surface area contributed by atoms with Crippen LogP contribution >= 0.6 is 0 Å². The van der Waals surface area contributed by atoms with E-state index >= 15 is 0 Å². The fourth-order valence-corrected chi connectivity index (χ4v) is 2.32. The summed E-state index contributed by atoms with van der Waals surface area (Å²) in [7, 11) is -3.26. The van der Waals surface area contributed by atoms with Gasteiger partial charge in [-0.2, -0.15) is 0 Å². The zero-order valence-corrected chi connectivity index (χ0v) is 10.8. The van der Waals surface area contributed by atoms with Crippen molar-refractivity contribution in [2.75, 3.05) is 12.9 Å². The van der Waals surface area contributed by atoms with Gasteiger partial charge in [0.05, 0.1) is 12.9 Å². The van der Waals surface area contributed by atoms with Crippen molar-refractivity contribution in [3.05, 3.63) is 12.7 Å². The number of nitrogens with one attached hydrogen (secondary N) is 1. The Morgan fingerprint density at radius 1 is 1.56 bits per heavy atom. The molecule has 16 heavy (non-hydrogen) atoms. The lowest BCUT2D eigenvalue weighted by Crippen LogP contribution is -2.45. The molecule has 0 aliphatic rings. The van der Waals surface area contributed by atoms with Gasteiger partial charge in [0, 0.05) is 18.0 Å². The molecule has 0 amide bonds. The van der Waals surface area contributed by atoms with Crippen LogP contribution in [0.2, 0.25) is 0 Å². The quantitative estimate of drug-likeness (QED) is 0.535. The van der Waals surface area contributed by atoms with E-state index in [0.717, 1.165) is 12.3 Å². The van der Waals surface area contributed by atoms with E-state index in [9.17, 15) is 13.2 Å². The maximum absolute atomic E-state index is 11.1. The molecule has 0 aliphatic heterocycles. The van der Waals surface area contributed by atoms with E-state index in [-0.39, 0.29) is 6.61 Å². The van der Waals surface area contributed by atoms with Gasteiger partial charge in [-0.3, -0.25) is 0 Å². The van der Waals surface area contributed by atoms with Gasteiger partial charge < -0.3 is 4.74 Å². The van der Waals surface area contributed by atoms with Crippen LogP contribution in [0.5, 0.6) is 0 Å². The summed E-state index contributed by atoms with van der Waals surface area (Å²) < 4.78 is 29.6. The van der Waals surface area contributed by atoms with Crippen molar-refractivity contribution in [2.24, 2.45) is 0 Å². The van der Waals surface area contributed by atoms with Crippen LogP contribution in [0.25, 0.3) is 0 Å². The minimum atomic E-state index is -3.26. The van der Waals surface area contributed by atoms with Crippen LogP contribution in [-0.2, 0) is 19.6 Å². The number of carbonyl (C=O) groups is 1. The Morgan fingerprint density at radius 3 is 2.50 bits per heavy atom. The average molecular weight is 249 g/mol. The maximum Gasteiger partial charge on any atom is 0.330 e. The van der Waals surface area contributed by atoms with Crippen LogP contribution in [0, 0.1) is 0 Å². The highest BCUT2D eigenvalue weighted by atomic mass is 32.2. The van der Waals surface area contributed by atoms with E-state index in [1.165, 1.54) is 0 Å². The van der Waals surface area contributed by atoms with Crippen molar-refractivity contribution in [3.63, 3.8) is 0 Å². The molecule has 94 valence electrons. The lowest BCUT2D eigenvalue weighted by atomic mass is 9.97. The van der Waals surface area contributed by atoms with E-state index in [1.54, 1.807) is 6.92 Å². The van der Waals surface area contributed by atoms with Gasteiger partial charge in [0.15, 0.2) is 0 Å². The second-order valence-electron chi connectivity index (χ2n) is 3.91. The predicted octanol–water partition coefficient (Wildman–Crippen LogP) is 0.824. The lowest BCUT2D eigenvalue weighted by Gasteiger charge is -2.28. The first-order valence-electron chi connectivity index (χ1n) is 5.00. The molecule has 5 nitrogen and oxygen atoms in total. The van der Waals surface area contributed by atoms with Crippen LogP contribution in [0.3, 0.4) is 0 Å². The fourth-order valence-electron chi connectivity index (χ4n) is 1.18. The van der Waals surface area contributed by atoms with Crippen LogP contribution in [0.1, 0.15) is 26.7 Å². The Hall–Kier alpha value is -0.880. The highest BCUT2D eigenvalue weighted by molar-refractivity contribution is 7.88. The van der Waals surface area contributed by atoms with Gasteiger partial charge in [-0.15, -0.1) is 0 Å². The van der Waals surface area contributed by atoms with Crippen LogP contribution in [-0.4, -0.2) is 32.8 Å². The Morgan fingerprint density at radius 2 is 2.12 bits per heavy atom. The van der Waals surface area contributed by atoms with Gasteiger partial charge in [0.1, 0.15) is 0 Å². The second kappa shape index (κ2) is 6.00. The van der Waals surface area contributed by atoms with Gasteiger partial charge >= 0.3 is 5.97 Å². The molecule has 0 heterocycles. The summed E-state index contributed by atoms with van der Waals surface area (Å²) in [4.78, 5) is 10.8. The first kappa shape index (κ1) is 15.1. The van der Waals surface area contributed by atoms with Gasteiger partial charge in [-0.05, 0) is 13.3 Å². The summed E-state index contributed by atoms with van der Waals surface area (Å²) in [5.74, 6) is -0.502. The number of rotatable bonds is 7. The van der Waals surface area contributed by atoms with Crippen LogP contribution < -0.4 is 4.72 Å². The first-order valence-corrected chi connectivity index (χ1v) is 6.90. The van der Waals surface area contributed by atoms with E-state index in [0.29, 0.717) is 12.8 Å². The predicted molar refractivity (Wildman–Crippen MR) is 62.4 cm³/mol. The molecular formula is C10H19NO4S. The van der Waals surface area contributed by atoms with Crippen molar-refractivity contribution in [1.82, 2.24) is 4.72 Å². The molecule has 0 saturated carbocycles. The van der Waals surface area contributed by atoms with Gasteiger partial charge in [0.25, 0.3) is 0 Å². The topological polar surface area (TPSA) is 72.5 Å². The van der Waals surface area contributed by atoms with Gasteiger partial charge in [-0.25, -0.2) is 17.9 Å². The molecule has 0 aromatic carbocycles. The molecule has 0 aliphatic carbocycles. The summed E-state index contributed by atoms with van der Waals surface area (Å²) in [6.07, 6.45) is 3.23. The Bertz CT molecular complexity index is 350. The molecule has 0 saturated heterocycles. The van der Waals surface area contributed by atoms with Crippen molar-refractivity contribution in [1.29, 1.82) is 0 Å². The van der Waals surface area contributed by atoms with Gasteiger partial charge in [0.2, 0.25) is 10.0 Å². The van der Waals surface area contributed by atoms with Crippen LogP contribution in [0.4, 0.5) is 0 Å². The Balaban J connectivity index is 4.27. The molecule has 1 unspecified atom stereocenters. The van der Waals surface area contributed by atoms with E-state index in [4.69, 9.17) is 4.74 Å². The summed E-state index contributed by atoms with van der Waals surface area (Å²) in [5, 5.41) is 0. The maximum atomic E-state index is 11.1. The third-order valence-electron chi connectivity index (χ3n) is 2.28. The van der Waals surface area contributed by atoms with Crippen molar-refractivity contribution in [3.8, 4) is 0 Å². The minimum Gasteiger partial charge on any atom is -0.462 e. The number of sulfonamides is 1. The Kier molecular flexibility index (Phi) is 5.67. The third-order valence-corrected chi connectivity index (χ3v) is 3.14. The second-order valence-corrected chi connectivity index (χ2v) is 5.66. The number of esters is 1. The zero-order chi connectivity index (χ0) is 12.8. The first-order chi connectivity index (χ1) is 7.22. The van der Waals surface area contributed by atoms with Crippen LogP contribution in [0.15, 0.2) is 12.7 Å². The fraction of sp³-hybridized carbons (Fsp3) is 0.700. The van der Waals surface area contributed by atoms with E-state index in [2.05, 4.69) is 11.3 Å². The van der Waals surface area contributed by atoms with Crippen molar-refractivity contribution in [2.45, 2.75) is 32.2 Å². The third kappa shape index (κ3) is 6.58. The molecule has 0 aromatic heterocycles.